The number of nitro benzene ring substituents is 1. The number of carbonyl (C=O) groups excluding carboxylic acids is 1. The second-order valence-corrected chi connectivity index (χ2v) is 7.47. The van der Waals surface area contributed by atoms with Crippen LogP contribution in [-0.2, 0) is 10.0 Å². The van der Waals surface area contributed by atoms with Crippen molar-refractivity contribution in [1.82, 2.24) is 9.62 Å². The second-order valence-electron chi connectivity index (χ2n) is 5.69. The molecule has 0 bridgehead atoms. The molecule has 2 N–H and O–H groups in total. The highest BCUT2D eigenvalue weighted by Gasteiger charge is 2.27. The van der Waals surface area contributed by atoms with E-state index in [1.54, 1.807) is 11.9 Å². The Morgan fingerprint density at radius 2 is 1.96 bits per heavy atom. The fourth-order valence-electron chi connectivity index (χ4n) is 2.71. The number of non-ortho nitro benzene ring substituents is 1. The maximum Gasteiger partial charge on any atom is 0.270 e. The molecule has 0 atom stereocenters. The lowest BCUT2D eigenvalue weighted by Crippen LogP contribution is -2.46. The van der Waals surface area contributed by atoms with Crippen molar-refractivity contribution in [3.8, 4) is 0 Å². The third-order valence-corrected chi connectivity index (χ3v) is 4.64. The molecule has 1 aromatic rings. The molecule has 1 aliphatic rings. The van der Waals surface area contributed by atoms with Crippen LogP contribution < -0.4 is 10.0 Å². The van der Waals surface area contributed by atoms with Gasteiger partial charge in [-0.25, -0.2) is 13.1 Å². The smallest absolute Gasteiger partial charge is 0.270 e. The van der Waals surface area contributed by atoms with Crippen molar-refractivity contribution in [3.05, 3.63) is 33.9 Å². The van der Waals surface area contributed by atoms with Crippen LogP contribution in [-0.4, -0.2) is 56.6 Å². The van der Waals surface area contributed by atoms with E-state index in [0.717, 1.165) is 6.26 Å². The van der Waals surface area contributed by atoms with Gasteiger partial charge in [-0.2, -0.15) is 0 Å². The number of anilines is 1. The fourth-order valence-corrected chi connectivity index (χ4v) is 3.56. The zero-order valence-corrected chi connectivity index (χ0v) is 14.3. The Morgan fingerprint density at radius 3 is 2.46 bits per heavy atom. The number of hydrogen-bond acceptors (Lipinski definition) is 6. The number of hydrogen-bond donors (Lipinski definition) is 2. The van der Waals surface area contributed by atoms with E-state index in [1.807, 2.05) is 0 Å². The number of amides is 1. The molecule has 1 aromatic carbocycles. The molecule has 24 heavy (non-hydrogen) atoms. The van der Waals surface area contributed by atoms with Crippen molar-refractivity contribution in [2.45, 2.75) is 18.9 Å². The average Bonchev–Trinajstić information content (AvgIpc) is 2.52. The van der Waals surface area contributed by atoms with Gasteiger partial charge in [-0.05, 0) is 18.9 Å². The zero-order valence-electron chi connectivity index (χ0n) is 13.5. The molecule has 0 saturated carbocycles. The van der Waals surface area contributed by atoms with Crippen LogP contribution in [0.1, 0.15) is 23.2 Å². The minimum atomic E-state index is -3.28. The normalized spacial score (nSPS) is 16.0. The first-order valence-corrected chi connectivity index (χ1v) is 9.33. The number of likely N-dealkylation sites (tertiary alicyclic amines) is 1. The number of nitrogens with one attached hydrogen (secondary N) is 2. The van der Waals surface area contributed by atoms with Crippen LogP contribution in [0.25, 0.3) is 0 Å². The van der Waals surface area contributed by atoms with Gasteiger partial charge >= 0.3 is 0 Å². The van der Waals surface area contributed by atoms with Crippen LogP contribution in [0.2, 0.25) is 0 Å². The van der Waals surface area contributed by atoms with Gasteiger partial charge in [0.05, 0.1) is 16.7 Å². The summed E-state index contributed by atoms with van der Waals surface area (Å²) < 4.78 is 25.1. The van der Waals surface area contributed by atoms with Crippen molar-refractivity contribution in [2.24, 2.45) is 0 Å². The van der Waals surface area contributed by atoms with Crippen molar-refractivity contribution >= 4 is 27.3 Å². The summed E-state index contributed by atoms with van der Waals surface area (Å²) in [5, 5.41) is 13.8. The van der Waals surface area contributed by atoms with Crippen molar-refractivity contribution in [1.29, 1.82) is 0 Å². The van der Waals surface area contributed by atoms with Crippen LogP contribution in [0.4, 0.5) is 11.4 Å². The highest BCUT2D eigenvalue weighted by molar-refractivity contribution is 7.88. The van der Waals surface area contributed by atoms with Crippen LogP contribution in [0, 0.1) is 10.1 Å². The lowest BCUT2D eigenvalue weighted by molar-refractivity contribution is -0.384. The quantitative estimate of drug-likeness (QED) is 0.594. The average molecular weight is 356 g/mol. The van der Waals surface area contributed by atoms with Crippen molar-refractivity contribution in [2.75, 3.05) is 31.7 Å². The van der Waals surface area contributed by atoms with Crippen LogP contribution in [0.3, 0.4) is 0 Å². The minimum absolute atomic E-state index is 0.147. The molecule has 0 aromatic heterocycles. The third kappa shape index (κ3) is 4.42. The molecule has 9 nitrogen and oxygen atoms in total. The number of carbonyl (C=O) groups is 1. The van der Waals surface area contributed by atoms with E-state index >= 15 is 0 Å². The summed E-state index contributed by atoms with van der Waals surface area (Å²) >= 11 is 0. The first-order valence-electron chi connectivity index (χ1n) is 7.44. The third-order valence-electron chi connectivity index (χ3n) is 3.88. The summed E-state index contributed by atoms with van der Waals surface area (Å²) in [5.41, 5.74) is 0.606. The summed E-state index contributed by atoms with van der Waals surface area (Å²) in [5.74, 6) is -0.305. The van der Waals surface area contributed by atoms with E-state index in [-0.39, 0.29) is 23.2 Å². The van der Waals surface area contributed by atoms with E-state index in [1.165, 1.54) is 18.2 Å². The Labute approximate surface area is 140 Å². The van der Waals surface area contributed by atoms with Gasteiger partial charge in [-0.3, -0.25) is 14.9 Å². The van der Waals surface area contributed by atoms with Gasteiger partial charge in [0.1, 0.15) is 0 Å². The molecule has 1 amide bonds. The molecule has 0 aliphatic carbocycles. The minimum Gasteiger partial charge on any atom is -0.387 e. The number of nitro groups is 1. The molecular formula is C14H20N4O5S. The van der Waals surface area contributed by atoms with E-state index in [4.69, 9.17) is 0 Å². The standard InChI is InChI=1S/C14H20N4O5S/c1-15-13-4-3-11(18(20)21)9-12(13)14(19)17-7-5-10(6-8-17)16-24(2,22)23/h3-4,9-10,15-16H,5-8H2,1-2H3. The lowest BCUT2D eigenvalue weighted by Gasteiger charge is -2.32. The summed E-state index contributed by atoms with van der Waals surface area (Å²) in [4.78, 5) is 24.6. The zero-order chi connectivity index (χ0) is 17.9. The Hall–Kier alpha value is -2.20. The van der Waals surface area contributed by atoms with Crippen LogP contribution in [0.5, 0.6) is 0 Å². The van der Waals surface area contributed by atoms with Gasteiger partial charge in [0, 0.05) is 44.0 Å². The highest BCUT2D eigenvalue weighted by atomic mass is 32.2. The fraction of sp³-hybridized carbons (Fsp3) is 0.500. The van der Waals surface area contributed by atoms with Gasteiger partial charge < -0.3 is 10.2 Å². The van der Waals surface area contributed by atoms with Gasteiger partial charge in [0.2, 0.25) is 10.0 Å². The van der Waals surface area contributed by atoms with E-state index < -0.39 is 14.9 Å². The van der Waals surface area contributed by atoms with Crippen LogP contribution in [0.15, 0.2) is 18.2 Å². The maximum atomic E-state index is 12.7. The summed E-state index contributed by atoms with van der Waals surface area (Å²) in [7, 11) is -1.64. The predicted molar refractivity (Wildman–Crippen MR) is 89.5 cm³/mol. The molecule has 1 aliphatic heterocycles. The van der Waals surface area contributed by atoms with Gasteiger partial charge in [0.25, 0.3) is 11.6 Å². The largest absolute Gasteiger partial charge is 0.387 e. The van der Waals surface area contributed by atoms with E-state index in [9.17, 15) is 23.3 Å². The topological polar surface area (TPSA) is 122 Å². The lowest BCUT2D eigenvalue weighted by atomic mass is 10.0. The Morgan fingerprint density at radius 1 is 1.33 bits per heavy atom. The van der Waals surface area contributed by atoms with Crippen molar-refractivity contribution in [3.63, 3.8) is 0 Å². The predicted octanol–water partition coefficient (Wildman–Crippen LogP) is 0.790. The molecule has 1 saturated heterocycles. The highest BCUT2D eigenvalue weighted by Crippen LogP contribution is 2.24. The van der Waals surface area contributed by atoms with E-state index in [2.05, 4.69) is 10.0 Å². The monoisotopic (exact) mass is 356 g/mol. The number of piperidine rings is 1. The first kappa shape index (κ1) is 18.1. The number of rotatable bonds is 5. The van der Waals surface area contributed by atoms with Gasteiger partial charge in [-0.1, -0.05) is 0 Å². The molecule has 2 rings (SSSR count). The van der Waals surface area contributed by atoms with Gasteiger partial charge in [0.15, 0.2) is 0 Å². The molecule has 132 valence electrons. The first-order chi connectivity index (χ1) is 11.2. The Kier molecular flexibility index (Phi) is 5.40. The molecule has 0 unspecified atom stereocenters. The van der Waals surface area contributed by atoms with Gasteiger partial charge in [-0.15, -0.1) is 0 Å². The molecule has 10 heteroatoms. The number of nitrogens with zero attached hydrogens (tertiary/aromatic N) is 2. The Balaban J connectivity index is 2.13. The Bertz CT molecular complexity index is 742. The number of sulfonamides is 1. The molecule has 1 heterocycles. The van der Waals surface area contributed by atoms with E-state index in [0.29, 0.717) is 31.6 Å². The SMILES string of the molecule is CNc1ccc([N+](=O)[O-])cc1C(=O)N1CCC(NS(C)(=O)=O)CC1. The summed E-state index contributed by atoms with van der Waals surface area (Å²) in [6.45, 7) is 0.774. The number of benzene rings is 1. The van der Waals surface area contributed by atoms with Crippen LogP contribution >= 0.6 is 0 Å². The summed E-state index contributed by atoms with van der Waals surface area (Å²) in [6.07, 6.45) is 2.11. The maximum absolute atomic E-state index is 12.7. The molecular weight excluding hydrogens is 336 g/mol. The molecule has 0 radical (unpaired) electrons. The molecule has 0 spiro atoms. The molecule has 1 fully saturated rings. The second kappa shape index (κ2) is 7.14. The van der Waals surface area contributed by atoms with Crippen molar-refractivity contribution < 1.29 is 18.1 Å². The summed E-state index contributed by atoms with van der Waals surface area (Å²) in [6, 6.07) is 3.90.